The van der Waals surface area contributed by atoms with E-state index in [0.29, 0.717) is 6.04 Å². The van der Waals surface area contributed by atoms with Gasteiger partial charge in [-0.15, -0.1) is 11.3 Å². The molecule has 14 heavy (non-hydrogen) atoms. The van der Waals surface area contributed by atoms with Crippen molar-refractivity contribution < 1.29 is 0 Å². The third-order valence-electron chi connectivity index (χ3n) is 2.81. The molecular weight excluding hydrogens is 190 g/mol. The van der Waals surface area contributed by atoms with Gasteiger partial charge in [0.25, 0.3) is 0 Å². The quantitative estimate of drug-likeness (QED) is 0.782. The molecule has 0 saturated carbocycles. The van der Waals surface area contributed by atoms with Gasteiger partial charge in [0.15, 0.2) is 0 Å². The lowest BCUT2D eigenvalue weighted by Crippen LogP contribution is -2.23. The van der Waals surface area contributed by atoms with E-state index in [1.54, 1.807) is 0 Å². The standard InChI is InChI=1S/C12H21NS/c1-5-6-9(2)11(13-4)12-10(3)7-8-14-12/h7-9,11,13H,5-6H2,1-4H3. The van der Waals surface area contributed by atoms with Crippen LogP contribution in [0.4, 0.5) is 0 Å². The molecule has 0 aliphatic carbocycles. The first kappa shape index (κ1) is 11.7. The molecule has 0 aliphatic rings. The Hall–Kier alpha value is -0.340. The number of nitrogens with one attached hydrogen (secondary N) is 1. The van der Waals surface area contributed by atoms with Gasteiger partial charge >= 0.3 is 0 Å². The van der Waals surface area contributed by atoms with Gasteiger partial charge in [-0.3, -0.25) is 0 Å². The molecule has 2 heteroatoms. The molecule has 1 heterocycles. The van der Waals surface area contributed by atoms with Crippen LogP contribution in [0.3, 0.4) is 0 Å². The van der Waals surface area contributed by atoms with Crippen molar-refractivity contribution in [3.8, 4) is 0 Å². The Kier molecular flexibility index (Phi) is 4.63. The summed E-state index contributed by atoms with van der Waals surface area (Å²) >= 11 is 1.87. The van der Waals surface area contributed by atoms with Gasteiger partial charge in [0, 0.05) is 10.9 Å². The minimum absolute atomic E-state index is 0.537. The second kappa shape index (κ2) is 5.52. The van der Waals surface area contributed by atoms with E-state index in [-0.39, 0.29) is 0 Å². The molecule has 0 bridgehead atoms. The Morgan fingerprint density at radius 3 is 2.64 bits per heavy atom. The van der Waals surface area contributed by atoms with Gasteiger partial charge in [0.1, 0.15) is 0 Å². The SMILES string of the molecule is CCCC(C)C(NC)c1sccc1C. The number of hydrogen-bond donors (Lipinski definition) is 1. The van der Waals surface area contributed by atoms with Gasteiger partial charge in [0.05, 0.1) is 0 Å². The van der Waals surface area contributed by atoms with E-state index in [0.717, 1.165) is 5.92 Å². The van der Waals surface area contributed by atoms with Crippen LogP contribution < -0.4 is 5.32 Å². The van der Waals surface area contributed by atoms with Gasteiger partial charge < -0.3 is 5.32 Å². The summed E-state index contributed by atoms with van der Waals surface area (Å²) in [7, 11) is 2.07. The summed E-state index contributed by atoms with van der Waals surface area (Å²) < 4.78 is 0. The maximum Gasteiger partial charge on any atom is 0.0441 e. The van der Waals surface area contributed by atoms with E-state index in [1.165, 1.54) is 23.3 Å². The smallest absolute Gasteiger partial charge is 0.0441 e. The van der Waals surface area contributed by atoms with Crippen LogP contribution in [0.2, 0.25) is 0 Å². The Labute approximate surface area is 91.5 Å². The minimum Gasteiger partial charge on any atom is -0.312 e. The molecule has 0 radical (unpaired) electrons. The predicted molar refractivity (Wildman–Crippen MR) is 64.9 cm³/mol. The summed E-state index contributed by atoms with van der Waals surface area (Å²) in [6.07, 6.45) is 2.56. The fourth-order valence-electron chi connectivity index (χ4n) is 2.00. The van der Waals surface area contributed by atoms with Crippen LogP contribution >= 0.6 is 11.3 Å². The average molecular weight is 211 g/mol. The average Bonchev–Trinajstić information content (AvgIpc) is 2.54. The van der Waals surface area contributed by atoms with Gasteiger partial charge in [-0.1, -0.05) is 20.3 Å². The molecule has 0 fully saturated rings. The number of rotatable bonds is 5. The largest absolute Gasteiger partial charge is 0.312 e. The van der Waals surface area contributed by atoms with E-state index in [1.807, 2.05) is 11.3 Å². The molecule has 0 aliphatic heterocycles. The Bertz CT molecular complexity index is 267. The zero-order valence-electron chi connectivity index (χ0n) is 9.63. The number of hydrogen-bond acceptors (Lipinski definition) is 2. The predicted octanol–water partition coefficient (Wildman–Crippen LogP) is 3.75. The highest BCUT2D eigenvalue weighted by atomic mass is 32.1. The van der Waals surface area contributed by atoms with Crippen LogP contribution in [0.5, 0.6) is 0 Å². The van der Waals surface area contributed by atoms with Crippen LogP contribution in [-0.2, 0) is 0 Å². The van der Waals surface area contributed by atoms with Gasteiger partial charge in [-0.25, -0.2) is 0 Å². The molecule has 1 N–H and O–H groups in total. The fourth-order valence-corrected chi connectivity index (χ4v) is 3.17. The summed E-state index contributed by atoms with van der Waals surface area (Å²) in [5.41, 5.74) is 1.43. The van der Waals surface area contributed by atoms with Crippen molar-refractivity contribution >= 4 is 11.3 Å². The van der Waals surface area contributed by atoms with Gasteiger partial charge in [0.2, 0.25) is 0 Å². The van der Waals surface area contributed by atoms with Crippen molar-refractivity contribution in [2.75, 3.05) is 7.05 Å². The van der Waals surface area contributed by atoms with Crippen LogP contribution in [0.15, 0.2) is 11.4 Å². The molecular formula is C12H21NS. The van der Waals surface area contributed by atoms with Crippen molar-refractivity contribution in [2.24, 2.45) is 5.92 Å². The summed E-state index contributed by atoms with van der Waals surface area (Å²) in [5, 5.41) is 5.63. The highest BCUT2D eigenvalue weighted by Crippen LogP contribution is 2.31. The Balaban J connectivity index is 2.76. The third kappa shape index (κ3) is 2.58. The summed E-state index contributed by atoms with van der Waals surface area (Å²) in [6, 6.07) is 2.75. The lowest BCUT2D eigenvalue weighted by molar-refractivity contribution is 0.388. The zero-order valence-corrected chi connectivity index (χ0v) is 10.4. The van der Waals surface area contributed by atoms with Crippen molar-refractivity contribution in [3.63, 3.8) is 0 Å². The topological polar surface area (TPSA) is 12.0 Å². The first-order valence-electron chi connectivity index (χ1n) is 5.42. The summed E-state index contributed by atoms with van der Waals surface area (Å²) in [5.74, 6) is 0.724. The maximum absolute atomic E-state index is 3.44. The second-order valence-electron chi connectivity index (χ2n) is 4.00. The van der Waals surface area contributed by atoms with Gasteiger partial charge in [-0.05, 0) is 43.3 Å². The number of thiophene rings is 1. The molecule has 1 nitrogen and oxygen atoms in total. The van der Waals surface area contributed by atoms with Crippen molar-refractivity contribution in [1.29, 1.82) is 0 Å². The molecule has 1 rings (SSSR count). The lowest BCUT2D eigenvalue weighted by atomic mass is 9.94. The van der Waals surface area contributed by atoms with Crippen molar-refractivity contribution in [1.82, 2.24) is 5.32 Å². The summed E-state index contributed by atoms with van der Waals surface area (Å²) in [6.45, 7) is 6.79. The normalized spacial score (nSPS) is 15.4. The van der Waals surface area contributed by atoms with Crippen LogP contribution in [-0.4, -0.2) is 7.05 Å². The molecule has 1 aromatic rings. The molecule has 0 spiro atoms. The van der Waals surface area contributed by atoms with Crippen molar-refractivity contribution in [3.05, 3.63) is 21.9 Å². The molecule has 80 valence electrons. The lowest BCUT2D eigenvalue weighted by Gasteiger charge is -2.23. The summed E-state index contributed by atoms with van der Waals surface area (Å²) in [4.78, 5) is 1.51. The highest BCUT2D eigenvalue weighted by Gasteiger charge is 2.19. The van der Waals surface area contributed by atoms with E-state index < -0.39 is 0 Å². The van der Waals surface area contributed by atoms with Gasteiger partial charge in [-0.2, -0.15) is 0 Å². The third-order valence-corrected chi connectivity index (χ3v) is 3.91. The molecule has 1 aromatic heterocycles. The molecule has 2 atom stereocenters. The zero-order chi connectivity index (χ0) is 10.6. The second-order valence-corrected chi connectivity index (χ2v) is 4.95. The van der Waals surface area contributed by atoms with Crippen LogP contribution in [0, 0.1) is 12.8 Å². The Morgan fingerprint density at radius 1 is 1.50 bits per heavy atom. The maximum atomic E-state index is 3.44. The van der Waals surface area contributed by atoms with E-state index in [4.69, 9.17) is 0 Å². The molecule has 0 saturated heterocycles. The number of aryl methyl sites for hydroxylation is 1. The minimum atomic E-state index is 0.537. The molecule has 2 unspecified atom stereocenters. The van der Waals surface area contributed by atoms with E-state index in [2.05, 4.69) is 44.6 Å². The molecule has 0 amide bonds. The molecule has 0 aromatic carbocycles. The fraction of sp³-hybridized carbons (Fsp3) is 0.667. The first-order chi connectivity index (χ1) is 6.70. The van der Waals surface area contributed by atoms with Crippen LogP contribution in [0.1, 0.15) is 43.2 Å². The Morgan fingerprint density at radius 2 is 2.21 bits per heavy atom. The highest BCUT2D eigenvalue weighted by molar-refractivity contribution is 7.10. The van der Waals surface area contributed by atoms with Crippen molar-refractivity contribution in [2.45, 2.75) is 39.7 Å². The van der Waals surface area contributed by atoms with E-state index in [9.17, 15) is 0 Å². The monoisotopic (exact) mass is 211 g/mol. The first-order valence-corrected chi connectivity index (χ1v) is 6.29. The van der Waals surface area contributed by atoms with E-state index >= 15 is 0 Å². The van der Waals surface area contributed by atoms with Crippen LogP contribution in [0.25, 0.3) is 0 Å².